The van der Waals surface area contributed by atoms with E-state index in [1.54, 1.807) is 0 Å². The fraction of sp³-hybridized carbons (Fsp3) is 0.600. The number of hydrogen-bond donors (Lipinski definition) is 1. The van der Waals surface area contributed by atoms with Gasteiger partial charge in [0, 0.05) is 19.6 Å². The standard InChI is InChI=1S/C20H29ClN2O3/c1-14-4-5-16(3)18(10-14)26-9-7-20(25)23-8-6-15(2)17(13-23)12-22-19(24)11-21/h4-5,10,15,17H,6-9,11-13H2,1-3H3,(H,22,24). The van der Waals surface area contributed by atoms with E-state index in [2.05, 4.69) is 12.2 Å². The average molecular weight is 381 g/mol. The van der Waals surface area contributed by atoms with Crippen molar-refractivity contribution in [1.29, 1.82) is 0 Å². The lowest BCUT2D eigenvalue weighted by Crippen LogP contribution is -2.47. The zero-order valence-corrected chi connectivity index (χ0v) is 16.6. The summed E-state index contributed by atoms with van der Waals surface area (Å²) in [7, 11) is 0. The molecule has 2 unspecified atom stereocenters. The van der Waals surface area contributed by atoms with E-state index in [1.165, 1.54) is 0 Å². The predicted octanol–water partition coefficient (Wildman–Crippen LogP) is 2.91. The number of benzene rings is 1. The number of carbonyl (C=O) groups is 2. The zero-order chi connectivity index (χ0) is 19.1. The lowest BCUT2D eigenvalue weighted by molar-refractivity contribution is -0.134. The molecule has 144 valence electrons. The molecule has 0 bridgehead atoms. The number of piperidine rings is 1. The molecule has 1 aliphatic heterocycles. The summed E-state index contributed by atoms with van der Waals surface area (Å²) in [6.45, 7) is 8.58. The number of alkyl halides is 1. The summed E-state index contributed by atoms with van der Waals surface area (Å²) in [5.41, 5.74) is 2.22. The molecule has 0 aliphatic carbocycles. The van der Waals surface area contributed by atoms with E-state index in [1.807, 2.05) is 36.9 Å². The molecule has 1 aromatic carbocycles. The van der Waals surface area contributed by atoms with Gasteiger partial charge in [-0.05, 0) is 49.3 Å². The van der Waals surface area contributed by atoms with Gasteiger partial charge in [-0.25, -0.2) is 0 Å². The van der Waals surface area contributed by atoms with Crippen LogP contribution in [-0.2, 0) is 9.59 Å². The molecule has 1 fully saturated rings. The maximum atomic E-state index is 12.5. The number of nitrogens with one attached hydrogen (secondary N) is 1. The summed E-state index contributed by atoms with van der Waals surface area (Å²) in [5.74, 6) is 1.49. The summed E-state index contributed by atoms with van der Waals surface area (Å²) in [6.07, 6.45) is 1.31. The molecule has 2 atom stereocenters. The number of likely N-dealkylation sites (tertiary alicyclic amines) is 1. The van der Waals surface area contributed by atoms with Gasteiger partial charge in [0.25, 0.3) is 0 Å². The first kappa shape index (κ1) is 20.6. The van der Waals surface area contributed by atoms with Gasteiger partial charge in [-0.2, -0.15) is 0 Å². The second-order valence-corrected chi connectivity index (χ2v) is 7.44. The second kappa shape index (κ2) is 9.81. The quantitative estimate of drug-likeness (QED) is 0.740. The predicted molar refractivity (Wildman–Crippen MR) is 104 cm³/mol. The van der Waals surface area contributed by atoms with E-state index in [9.17, 15) is 9.59 Å². The lowest BCUT2D eigenvalue weighted by Gasteiger charge is -2.37. The first-order chi connectivity index (χ1) is 12.4. The Balaban J connectivity index is 1.81. The Labute approximate surface area is 161 Å². The van der Waals surface area contributed by atoms with E-state index in [-0.39, 0.29) is 23.6 Å². The summed E-state index contributed by atoms with van der Waals surface area (Å²) in [4.78, 5) is 25.8. The number of aryl methyl sites for hydroxylation is 2. The van der Waals surface area contributed by atoms with E-state index >= 15 is 0 Å². The van der Waals surface area contributed by atoms with Gasteiger partial charge in [0.05, 0.1) is 13.0 Å². The molecular formula is C20H29ClN2O3. The Bertz CT molecular complexity index is 635. The second-order valence-electron chi connectivity index (χ2n) is 7.17. The van der Waals surface area contributed by atoms with Crippen LogP contribution in [0.3, 0.4) is 0 Å². The van der Waals surface area contributed by atoms with E-state index in [0.29, 0.717) is 32.0 Å². The third-order valence-electron chi connectivity index (χ3n) is 5.07. The molecule has 1 N–H and O–H groups in total. The maximum Gasteiger partial charge on any atom is 0.234 e. The Hall–Kier alpha value is -1.75. The van der Waals surface area contributed by atoms with Crippen LogP contribution >= 0.6 is 11.6 Å². The summed E-state index contributed by atoms with van der Waals surface area (Å²) in [5, 5.41) is 2.83. The van der Waals surface area contributed by atoms with Crippen LogP contribution in [0.2, 0.25) is 0 Å². The molecule has 1 saturated heterocycles. The van der Waals surface area contributed by atoms with Gasteiger partial charge >= 0.3 is 0 Å². The van der Waals surface area contributed by atoms with Crippen molar-refractivity contribution in [1.82, 2.24) is 10.2 Å². The Kier molecular flexibility index (Phi) is 7.76. The van der Waals surface area contributed by atoms with E-state index in [0.717, 1.165) is 29.8 Å². The SMILES string of the molecule is Cc1ccc(C)c(OCCC(=O)N2CCC(C)C(CNC(=O)CCl)C2)c1. The van der Waals surface area contributed by atoms with Gasteiger partial charge < -0.3 is 15.0 Å². The van der Waals surface area contributed by atoms with Gasteiger partial charge in [-0.3, -0.25) is 9.59 Å². The topological polar surface area (TPSA) is 58.6 Å². The number of ether oxygens (including phenoxy) is 1. The fourth-order valence-electron chi connectivity index (χ4n) is 3.20. The van der Waals surface area contributed by atoms with Crippen LogP contribution in [0.5, 0.6) is 5.75 Å². The summed E-state index contributed by atoms with van der Waals surface area (Å²) < 4.78 is 5.80. The summed E-state index contributed by atoms with van der Waals surface area (Å²) >= 11 is 5.52. The minimum atomic E-state index is -0.163. The van der Waals surface area contributed by atoms with Crippen LogP contribution in [0.15, 0.2) is 18.2 Å². The normalized spacial score (nSPS) is 19.9. The van der Waals surface area contributed by atoms with E-state index < -0.39 is 0 Å². The molecule has 2 rings (SSSR count). The van der Waals surface area contributed by atoms with E-state index in [4.69, 9.17) is 16.3 Å². The average Bonchev–Trinajstić information content (AvgIpc) is 2.63. The molecule has 6 heteroatoms. The van der Waals surface area contributed by atoms with Crippen LogP contribution in [0, 0.1) is 25.7 Å². The van der Waals surface area contributed by atoms with Gasteiger partial charge in [-0.15, -0.1) is 11.6 Å². The number of rotatable bonds is 7. The van der Waals surface area contributed by atoms with Crippen LogP contribution in [0.1, 0.15) is 30.9 Å². The highest BCUT2D eigenvalue weighted by Gasteiger charge is 2.28. The Morgan fingerprint density at radius 2 is 2.12 bits per heavy atom. The van der Waals surface area contributed by atoms with Crippen molar-refractivity contribution in [3.8, 4) is 5.75 Å². The van der Waals surface area contributed by atoms with Crippen LogP contribution in [0.4, 0.5) is 0 Å². The lowest BCUT2D eigenvalue weighted by atomic mass is 9.87. The Morgan fingerprint density at radius 3 is 2.85 bits per heavy atom. The largest absolute Gasteiger partial charge is 0.493 e. The highest BCUT2D eigenvalue weighted by molar-refractivity contribution is 6.27. The first-order valence-electron chi connectivity index (χ1n) is 9.21. The van der Waals surface area contributed by atoms with Crippen molar-refractivity contribution in [3.05, 3.63) is 29.3 Å². The van der Waals surface area contributed by atoms with Crippen molar-refractivity contribution >= 4 is 23.4 Å². The van der Waals surface area contributed by atoms with Gasteiger partial charge in [-0.1, -0.05) is 19.1 Å². The molecule has 1 aliphatic rings. The van der Waals surface area contributed by atoms with Crippen molar-refractivity contribution in [3.63, 3.8) is 0 Å². The fourth-order valence-corrected chi connectivity index (χ4v) is 3.30. The van der Waals surface area contributed by atoms with Crippen molar-refractivity contribution in [2.24, 2.45) is 11.8 Å². The number of nitrogens with zero attached hydrogens (tertiary/aromatic N) is 1. The smallest absolute Gasteiger partial charge is 0.234 e. The number of amides is 2. The van der Waals surface area contributed by atoms with Crippen molar-refractivity contribution < 1.29 is 14.3 Å². The minimum absolute atomic E-state index is 0.0283. The number of hydrogen-bond acceptors (Lipinski definition) is 3. The van der Waals surface area contributed by atoms with Gasteiger partial charge in [0.1, 0.15) is 11.6 Å². The van der Waals surface area contributed by atoms with Crippen molar-refractivity contribution in [2.75, 3.05) is 32.1 Å². The Morgan fingerprint density at radius 1 is 1.35 bits per heavy atom. The number of halogens is 1. The van der Waals surface area contributed by atoms with Crippen LogP contribution < -0.4 is 10.1 Å². The third-order valence-corrected chi connectivity index (χ3v) is 5.31. The maximum absolute atomic E-state index is 12.5. The highest BCUT2D eigenvalue weighted by atomic mass is 35.5. The molecule has 2 amide bonds. The molecule has 0 saturated carbocycles. The third kappa shape index (κ3) is 5.90. The minimum Gasteiger partial charge on any atom is -0.493 e. The first-order valence-corrected chi connectivity index (χ1v) is 9.74. The van der Waals surface area contributed by atoms with Crippen molar-refractivity contribution in [2.45, 2.75) is 33.6 Å². The molecule has 0 aromatic heterocycles. The molecule has 5 nitrogen and oxygen atoms in total. The molecule has 0 spiro atoms. The molecule has 0 radical (unpaired) electrons. The van der Waals surface area contributed by atoms with Gasteiger partial charge in [0.15, 0.2) is 0 Å². The zero-order valence-electron chi connectivity index (χ0n) is 15.9. The highest BCUT2D eigenvalue weighted by Crippen LogP contribution is 2.23. The van der Waals surface area contributed by atoms with Gasteiger partial charge in [0.2, 0.25) is 11.8 Å². The van der Waals surface area contributed by atoms with Crippen LogP contribution in [-0.4, -0.2) is 48.8 Å². The van der Waals surface area contributed by atoms with Crippen LogP contribution in [0.25, 0.3) is 0 Å². The molecule has 26 heavy (non-hydrogen) atoms. The molecular weight excluding hydrogens is 352 g/mol. The molecule has 1 aromatic rings. The summed E-state index contributed by atoms with van der Waals surface area (Å²) in [6, 6.07) is 6.07. The molecule has 1 heterocycles. The number of carbonyl (C=O) groups excluding carboxylic acids is 2. The monoisotopic (exact) mass is 380 g/mol.